The Hall–Kier alpha value is -2.85. The lowest BCUT2D eigenvalue weighted by Crippen LogP contribution is -2.26. The standard InChI is InChI=1S/C23H21NO2S/c1-17(18-9-4-2-5-10-18)24-23(26)20-13-8-14-21(15-20)27-16-22(25)19-11-6-3-7-12-19/h2-15,17H,16H2,1H3,(H,24,26). The van der Waals surface area contributed by atoms with Crippen molar-refractivity contribution in [3.8, 4) is 0 Å². The highest BCUT2D eigenvalue weighted by molar-refractivity contribution is 8.00. The molecule has 1 unspecified atom stereocenters. The van der Waals surface area contributed by atoms with Gasteiger partial charge >= 0.3 is 0 Å². The summed E-state index contributed by atoms with van der Waals surface area (Å²) in [5.41, 5.74) is 2.36. The number of amides is 1. The van der Waals surface area contributed by atoms with E-state index in [1.807, 2.05) is 85.8 Å². The van der Waals surface area contributed by atoms with Gasteiger partial charge in [-0.15, -0.1) is 11.8 Å². The first-order chi connectivity index (χ1) is 13.1. The van der Waals surface area contributed by atoms with Crippen molar-refractivity contribution >= 4 is 23.5 Å². The number of carbonyl (C=O) groups excluding carboxylic acids is 2. The molecule has 0 saturated carbocycles. The second kappa shape index (κ2) is 9.19. The summed E-state index contributed by atoms with van der Waals surface area (Å²) in [6, 6.07) is 26.4. The van der Waals surface area contributed by atoms with Crippen molar-refractivity contribution in [1.82, 2.24) is 5.32 Å². The zero-order valence-corrected chi connectivity index (χ0v) is 15.9. The van der Waals surface area contributed by atoms with E-state index < -0.39 is 0 Å². The van der Waals surface area contributed by atoms with Crippen LogP contribution in [0.5, 0.6) is 0 Å². The molecule has 4 heteroatoms. The molecular weight excluding hydrogens is 354 g/mol. The first kappa shape index (κ1) is 18.9. The molecule has 1 atom stereocenters. The number of Topliss-reactive ketones (excluding diaryl/α,β-unsaturated/α-hetero) is 1. The Bertz CT molecular complexity index is 910. The fraction of sp³-hybridized carbons (Fsp3) is 0.130. The quantitative estimate of drug-likeness (QED) is 0.459. The molecule has 3 nitrogen and oxygen atoms in total. The number of nitrogens with one attached hydrogen (secondary N) is 1. The van der Waals surface area contributed by atoms with Crippen LogP contribution >= 0.6 is 11.8 Å². The lowest BCUT2D eigenvalue weighted by atomic mass is 10.1. The lowest BCUT2D eigenvalue weighted by Gasteiger charge is -2.14. The van der Waals surface area contributed by atoms with Crippen LogP contribution in [0.2, 0.25) is 0 Å². The average Bonchev–Trinajstić information content (AvgIpc) is 2.73. The highest BCUT2D eigenvalue weighted by Gasteiger charge is 2.12. The second-order valence-corrected chi connectivity index (χ2v) is 7.26. The van der Waals surface area contributed by atoms with Crippen LogP contribution in [-0.4, -0.2) is 17.4 Å². The largest absolute Gasteiger partial charge is 0.346 e. The molecule has 0 aromatic heterocycles. The summed E-state index contributed by atoms with van der Waals surface area (Å²) >= 11 is 1.44. The van der Waals surface area contributed by atoms with Gasteiger partial charge in [0, 0.05) is 16.0 Å². The third kappa shape index (κ3) is 5.31. The van der Waals surface area contributed by atoms with Gasteiger partial charge in [-0.2, -0.15) is 0 Å². The van der Waals surface area contributed by atoms with Crippen molar-refractivity contribution in [3.63, 3.8) is 0 Å². The van der Waals surface area contributed by atoms with Gasteiger partial charge in [0.25, 0.3) is 5.91 Å². The minimum atomic E-state index is -0.122. The molecule has 0 fully saturated rings. The maximum Gasteiger partial charge on any atom is 0.251 e. The first-order valence-electron chi connectivity index (χ1n) is 8.80. The van der Waals surface area contributed by atoms with Crippen LogP contribution in [0.15, 0.2) is 89.8 Å². The van der Waals surface area contributed by atoms with Gasteiger partial charge in [-0.05, 0) is 30.7 Å². The fourth-order valence-corrected chi connectivity index (χ4v) is 3.54. The highest BCUT2D eigenvalue weighted by Crippen LogP contribution is 2.21. The monoisotopic (exact) mass is 375 g/mol. The molecule has 0 spiro atoms. The second-order valence-electron chi connectivity index (χ2n) is 6.21. The molecule has 3 aromatic rings. The number of ketones is 1. The first-order valence-corrected chi connectivity index (χ1v) is 9.79. The Morgan fingerprint density at radius 2 is 1.48 bits per heavy atom. The smallest absolute Gasteiger partial charge is 0.251 e. The Balaban J connectivity index is 1.61. The van der Waals surface area contributed by atoms with Gasteiger partial charge in [0.1, 0.15) is 0 Å². The van der Waals surface area contributed by atoms with Crippen LogP contribution in [-0.2, 0) is 0 Å². The molecule has 1 amide bonds. The molecule has 0 aliphatic heterocycles. The van der Waals surface area contributed by atoms with Gasteiger partial charge in [-0.3, -0.25) is 9.59 Å². The molecule has 3 rings (SSSR count). The highest BCUT2D eigenvalue weighted by atomic mass is 32.2. The molecule has 0 saturated heterocycles. The SMILES string of the molecule is CC(NC(=O)c1cccc(SCC(=O)c2ccccc2)c1)c1ccccc1. The number of hydrogen-bond acceptors (Lipinski definition) is 3. The molecule has 0 aliphatic carbocycles. The Morgan fingerprint density at radius 3 is 2.19 bits per heavy atom. The summed E-state index contributed by atoms with van der Waals surface area (Å²) in [5, 5.41) is 3.02. The number of thioether (sulfide) groups is 1. The van der Waals surface area contributed by atoms with Gasteiger partial charge in [0.05, 0.1) is 11.8 Å². The summed E-state index contributed by atoms with van der Waals surface area (Å²) in [6.07, 6.45) is 0. The summed E-state index contributed by atoms with van der Waals surface area (Å²) in [7, 11) is 0. The predicted molar refractivity (Wildman–Crippen MR) is 110 cm³/mol. The van der Waals surface area contributed by atoms with Crippen molar-refractivity contribution in [2.24, 2.45) is 0 Å². The van der Waals surface area contributed by atoms with Gasteiger partial charge in [0.2, 0.25) is 0 Å². The van der Waals surface area contributed by atoms with Gasteiger partial charge in [0.15, 0.2) is 5.78 Å². The summed E-state index contributed by atoms with van der Waals surface area (Å²) in [4.78, 5) is 25.7. The molecule has 3 aromatic carbocycles. The van der Waals surface area contributed by atoms with E-state index in [9.17, 15) is 9.59 Å². The molecule has 136 valence electrons. The predicted octanol–water partition coefficient (Wildman–Crippen LogP) is 5.15. The van der Waals surface area contributed by atoms with Crippen molar-refractivity contribution in [1.29, 1.82) is 0 Å². The topological polar surface area (TPSA) is 46.2 Å². The Labute approximate surface area is 163 Å². The van der Waals surface area contributed by atoms with E-state index in [0.29, 0.717) is 16.9 Å². The van der Waals surface area contributed by atoms with Gasteiger partial charge in [-0.25, -0.2) is 0 Å². The maximum absolute atomic E-state index is 12.6. The van der Waals surface area contributed by atoms with Crippen molar-refractivity contribution < 1.29 is 9.59 Å². The van der Waals surface area contributed by atoms with E-state index in [1.54, 1.807) is 6.07 Å². The van der Waals surface area contributed by atoms with Crippen LogP contribution in [0.25, 0.3) is 0 Å². The zero-order valence-electron chi connectivity index (χ0n) is 15.1. The lowest BCUT2D eigenvalue weighted by molar-refractivity contribution is 0.0939. The van der Waals surface area contributed by atoms with Crippen molar-refractivity contribution in [2.75, 3.05) is 5.75 Å². The molecule has 0 bridgehead atoms. The van der Waals surface area contributed by atoms with E-state index >= 15 is 0 Å². The minimum absolute atomic E-state index is 0.0744. The Morgan fingerprint density at radius 1 is 0.852 bits per heavy atom. The van der Waals surface area contributed by atoms with E-state index in [4.69, 9.17) is 0 Å². The minimum Gasteiger partial charge on any atom is -0.346 e. The van der Waals surface area contributed by atoms with Crippen LogP contribution in [0, 0.1) is 0 Å². The summed E-state index contributed by atoms with van der Waals surface area (Å²) in [6.45, 7) is 1.96. The van der Waals surface area contributed by atoms with E-state index in [0.717, 1.165) is 10.5 Å². The fourth-order valence-electron chi connectivity index (χ4n) is 2.69. The molecule has 0 aliphatic rings. The summed E-state index contributed by atoms with van der Waals surface area (Å²) in [5.74, 6) is 0.298. The van der Waals surface area contributed by atoms with Crippen LogP contribution in [0.1, 0.15) is 39.2 Å². The molecule has 0 radical (unpaired) electrons. The van der Waals surface area contributed by atoms with Gasteiger partial charge < -0.3 is 5.32 Å². The van der Waals surface area contributed by atoms with Crippen LogP contribution in [0.4, 0.5) is 0 Å². The number of hydrogen-bond donors (Lipinski definition) is 1. The maximum atomic E-state index is 12.6. The average molecular weight is 375 g/mol. The van der Waals surface area contributed by atoms with E-state index in [2.05, 4.69) is 5.32 Å². The number of carbonyl (C=O) groups is 2. The number of rotatable bonds is 7. The normalized spacial score (nSPS) is 11.6. The Kier molecular flexibility index (Phi) is 6.44. The zero-order chi connectivity index (χ0) is 19.1. The van der Waals surface area contributed by atoms with Crippen LogP contribution < -0.4 is 5.32 Å². The van der Waals surface area contributed by atoms with E-state index in [-0.39, 0.29) is 17.7 Å². The molecule has 1 N–H and O–H groups in total. The third-order valence-electron chi connectivity index (χ3n) is 4.21. The van der Waals surface area contributed by atoms with E-state index in [1.165, 1.54) is 11.8 Å². The summed E-state index contributed by atoms with van der Waals surface area (Å²) < 4.78 is 0. The van der Waals surface area contributed by atoms with Crippen LogP contribution in [0.3, 0.4) is 0 Å². The molecule has 27 heavy (non-hydrogen) atoms. The third-order valence-corrected chi connectivity index (χ3v) is 5.20. The molecule has 0 heterocycles. The number of benzene rings is 3. The van der Waals surface area contributed by atoms with Crippen molar-refractivity contribution in [2.45, 2.75) is 17.9 Å². The molecular formula is C23H21NO2S. The van der Waals surface area contributed by atoms with Crippen molar-refractivity contribution in [3.05, 3.63) is 102 Å². The van der Waals surface area contributed by atoms with Gasteiger partial charge in [-0.1, -0.05) is 66.7 Å².